The Morgan fingerprint density at radius 1 is 1.29 bits per heavy atom. The topological polar surface area (TPSA) is 111 Å². The second kappa shape index (κ2) is 9.94. The summed E-state index contributed by atoms with van der Waals surface area (Å²) in [5.74, 6) is -0.902. The lowest BCUT2D eigenvalue weighted by Gasteiger charge is -2.16. The lowest BCUT2D eigenvalue weighted by Crippen LogP contribution is -2.27. The lowest BCUT2D eigenvalue weighted by atomic mass is 10.1. The van der Waals surface area contributed by atoms with Crippen LogP contribution in [-0.4, -0.2) is 17.6 Å². The Balaban J connectivity index is 1.76. The van der Waals surface area contributed by atoms with E-state index in [-0.39, 0.29) is 22.9 Å². The van der Waals surface area contributed by atoms with Gasteiger partial charge in [0.25, 0.3) is 5.91 Å². The maximum atomic E-state index is 14.6. The monoisotopic (exact) mass is 465 g/mol. The molecule has 0 aromatic heterocycles. The molecule has 0 heterocycles. The minimum atomic E-state index is -1.59. The molecule has 0 radical (unpaired) electrons. The van der Waals surface area contributed by atoms with Crippen molar-refractivity contribution in [1.29, 1.82) is 0 Å². The number of halogens is 3. The van der Waals surface area contributed by atoms with Gasteiger partial charge in [0.2, 0.25) is 5.88 Å². The van der Waals surface area contributed by atoms with Gasteiger partial charge in [-0.3, -0.25) is 4.79 Å². The highest BCUT2D eigenvalue weighted by Crippen LogP contribution is 2.41. The first-order valence-electron chi connectivity index (χ1n) is 9.56. The first-order valence-corrected chi connectivity index (χ1v) is 10.3. The molecule has 1 unspecified atom stereocenters. The number of hydrogen-bond donors (Lipinski definition) is 4. The van der Waals surface area contributed by atoms with Crippen molar-refractivity contribution >= 4 is 29.1 Å². The number of nitrogens with one attached hydrogen (secondary N) is 1. The van der Waals surface area contributed by atoms with E-state index in [2.05, 4.69) is 5.32 Å². The number of aliphatic hydroxyl groups excluding tert-OH is 1. The van der Waals surface area contributed by atoms with Crippen molar-refractivity contribution in [3.05, 3.63) is 87.1 Å². The number of primary amides is 1. The number of carbonyl (C=O) groups excluding carboxylic acids is 1. The van der Waals surface area contributed by atoms with Crippen molar-refractivity contribution in [2.24, 2.45) is 11.5 Å². The molecule has 1 aliphatic carbocycles. The summed E-state index contributed by atoms with van der Waals surface area (Å²) in [6.07, 6.45) is 1.64. The van der Waals surface area contributed by atoms with Crippen LogP contribution < -0.4 is 21.5 Å². The van der Waals surface area contributed by atoms with Gasteiger partial charge in [-0.2, -0.15) is 0 Å². The van der Waals surface area contributed by atoms with Gasteiger partial charge in [0.15, 0.2) is 5.76 Å². The zero-order valence-corrected chi connectivity index (χ0v) is 18.0. The van der Waals surface area contributed by atoms with Gasteiger partial charge < -0.3 is 26.6 Å². The maximum absolute atomic E-state index is 14.6. The largest absolute Gasteiger partial charge is 0.494 e. The second-order valence-corrected chi connectivity index (χ2v) is 7.93. The molecule has 0 spiro atoms. The molecule has 1 aliphatic rings. The van der Waals surface area contributed by atoms with E-state index in [1.165, 1.54) is 18.2 Å². The number of alkyl halides is 1. The fraction of sp³-hybridized carbons (Fsp3) is 0.227. The molecule has 9 heteroatoms. The van der Waals surface area contributed by atoms with E-state index in [0.717, 1.165) is 24.6 Å². The van der Waals surface area contributed by atoms with Gasteiger partial charge in [0.05, 0.1) is 6.54 Å². The SMILES string of the molecule is N/C=C(/Oc1cccc(C2CC2)c1)C(C(N)=O)=C(O)NCC(F)c1ccc(Cl)cc1Cl. The molecule has 31 heavy (non-hydrogen) atoms. The normalized spacial score (nSPS) is 15.8. The molecule has 1 amide bonds. The van der Waals surface area contributed by atoms with Gasteiger partial charge >= 0.3 is 0 Å². The molecule has 6 N–H and O–H groups in total. The fourth-order valence-electron chi connectivity index (χ4n) is 3.04. The van der Waals surface area contributed by atoms with Crippen molar-refractivity contribution < 1.29 is 19.0 Å². The summed E-state index contributed by atoms with van der Waals surface area (Å²) < 4.78 is 20.3. The summed E-state index contributed by atoms with van der Waals surface area (Å²) >= 11 is 11.8. The third-order valence-corrected chi connectivity index (χ3v) is 5.33. The molecular weight excluding hydrogens is 444 g/mol. The molecular formula is C22H22Cl2FN3O3. The lowest BCUT2D eigenvalue weighted by molar-refractivity contribution is -0.114. The second-order valence-electron chi connectivity index (χ2n) is 7.08. The van der Waals surface area contributed by atoms with Crippen LogP contribution in [-0.2, 0) is 4.79 Å². The predicted octanol–water partition coefficient (Wildman–Crippen LogP) is 4.61. The molecule has 3 rings (SSSR count). The average molecular weight is 466 g/mol. The van der Waals surface area contributed by atoms with Gasteiger partial charge in [0, 0.05) is 21.8 Å². The van der Waals surface area contributed by atoms with E-state index in [1.807, 2.05) is 18.2 Å². The van der Waals surface area contributed by atoms with E-state index in [1.54, 1.807) is 6.07 Å². The number of carbonyl (C=O) groups is 1. The van der Waals surface area contributed by atoms with E-state index in [4.69, 9.17) is 39.4 Å². The van der Waals surface area contributed by atoms with Crippen LogP contribution in [0.15, 0.2) is 65.9 Å². The molecule has 2 aromatic carbocycles. The quantitative estimate of drug-likeness (QED) is 0.245. The van der Waals surface area contributed by atoms with Crippen LogP contribution in [0.1, 0.15) is 36.1 Å². The number of ether oxygens (including phenoxy) is 1. The molecule has 1 fully saturated rings. The Morgan fingerprint density at radius 3 is 2.65 bits per heavy atom. The van der Waals surface area contributed by atoms with Gasteiger partial charge in [-0.1, -0.05) is 41.4 Å². The predicted molar refractivity (Wildman–Crippen MR) is 118 cm³/mol. The van der Waals surface area contributed by atoms with Crippen molar-refractivity contribution in [1.82, 2.24) is 5.32 Å². The van der Waals surface area contributed by atoms with Crippen molar-refractivity contribution in [3.8, 4) is 5.75 Å². The molecule has 1 atom stereocenters. The highest BCUT2D eigenvalue weighted by atomic mass is 35.5. The molecule has 164 valence electrons. The van der Waals surface area contributed by atoms with Crippen LogP contribution in [0.5, 0.6) is 5.75 Å². The third-order valence-electron chi connectivity index (χ3n) is 4.76. The summed E-state index contributed by atoms with van der Waals surface area (Å²) in [6, 6.07) is 11.7. The van der Waals surface area contributed by atoms with Gasteiger partial charge in [-0.15, -0.1) is 0 Å². The molecule has 0 saturated heterocycles. The molecule has 1 saturated carbocycles. The molecule has 0 bridgehead atoms. The number of hydrogen-bond acceptors (Lipinski definition) is 5. The Labute approximate surface area is 189 Å². The van der Waals surface area contributed by atoms with Crippen molar-refractivity contribution in [3.63, 3.8) is 0 Å². The van der Waals surface area contributed by atoms with Gasteiger partial charge in [-0.05, 0) is 48.6 Å². The maximum Gasteiger partial charge on any atom is 0.257 e. The Bertz CT molecular complexity index is 1040. The fourth-order valence-corrected chi connectivity index (χ4v) is 3.57. The molecule has 6 nitrogen and oxygen atoms in total. The Kier molecular flexibility index (Phi) is 7.30. The van der Waals surface area contributed by atoms with Crippen LogP contribution in [0, 0.1) is 0 Å². The van der Waals surface area contributed by atoms with Gasteiger partial charge in [0.1, 0.15) is 17.5 Å². The Morgan fingerprint density at radius 2 is 2.03 bits per heavy atom. The highest BCUT2D eigenvalue weighted by molar-refractivity contribution is 6.35. The third kappa shape index (κ3) is 5.83. The van der Waals surface area contributed by atoms with Gasteiger partial charge in [-0.25, -0.2) is 4.39 Å². The van der Waals surface area contributed by atoms with E-state index in [9.17, 15) is 14.3 Å². The Hall–Kier alpha value is -2.90. The van der Waals surface area contributed by atoms with Crippen LogP contribution in [0.4, 0.5) is 4.39 Å². The summed E-state index contributed by atoms with van der Waals surface area (Å²) in [5.41, 5.74) is 11.9. The van der Waals surface area contributed by atoms with Crippen LogP contribution in [0.25, 0.3) is 0 Å². The number of benzene rings is 2. The van der Waals surface area contributed by atoms with E-state index in [0.29, 0.717) is 16.7 Å². The zero-order valence-electron chi connectivity index (χ0n) is 16.4. The smallest absolute Gasteiger partial charge is 0.257 e. The number of nitrogens with two attached hydrogens (primary N) is 2. The number of rotatable bonds is 9. The number of aliphatic hydroxyl groups is 1. The first-order chi connectivity index (χ1) is 14.8. The standard InChI is InChI=1S/C22H22Cl2FN3O3/c23-14-6-7-16(17(24)9-14)18(25)11-28-22(30)20(21(27)29)19(10-26)31-15-3-1-2-13(8-15)12-4-5-12/h1-3,6-10,12,18,28,30H,4-5,11,26H2,(H2,27,29)/b19-10+,22-20?. The van der Waals surface area contributed by atoms with Crippen LogP contribution >= 0.6 is 23.2 Å². The van der Waals surface area contributed by atoms with Crippen LogP contribution in [0.3, 0.4) is 0 Å². The number of amides is 1. The highest BCUT2D eigenvalue weighted by Gasteiger charge is 2.25. The molecule has 2 aromatic rings. The minimum absolute atomic E-state index is 0.141. The van der Waals surface area contributed by atoms with Crippen molar-refractivity contribution in [2.75, 3.05) is 6.54 Å². The minimum Gasteiger partial charge on any atom is -0.494 e. The van der Waals surface area contributed by atoms with E-state index < -0.39 is 23.5 Å². The summed E-state index contributed by atoms with van der Waals surface area (Å²) in [4.78, 5) is 12.0. The zero-order chi connectivity index (χ0) is 22.5. The molecule has 0 aliphatic heterocycles. The first kappa shape index (κ1) is 22.8. The average Bonchev–Trinajstić information content (AvgIpc) is 3.57. The summed E-state index contributed by atoms with van der Waals surface area (Å²) in [7, 11) is 0. The summed E-state index contributed by atoms with van der Waals surface area (Å²) in [5, 5.41) is 13.3. The van der Waals surface area contributed by atoms with Crippen LogP contribution in [0.2, 0.25) is 10.0 Å². The van der Waals surface area contributed by atoms with Crippen molar-refractivity contribution in [2.45, 2.75) is 24.9 Å². The summed E-state index contributed by atoms with van der Waals surface area (Å²) in [6.45, 7) is -0.390. The van der Waals surface area contributed by atoms with E-state index >= 15 is 0 Å².